The first-order valence-electron chi connectivity index (χ1n) is 5.72. The Labute approximate surface area is 85.7 Å². The van der Waals surface area contributed by atoms with Crippen LogP contribution in [0.1, 0.15) is 50.2 Å². The molecule has 0 amide bonds. The van der Waals surface area contributed by atoms with Crippen LogP contribution in [0, 0.1) is 0 Å². The van der Waals surface area contributed by atoms with Gasteiger partial charge in [-0.15, -0.1) is 0 Å². The summed E-state index contributed by atoms with van der Waals surface area (Å²) in [6, 6.07) is 4.72. The minimum Gasteiger partial charge on any atom is -0.464 e. The predicted molar refractivity (Wildman–Crippen MR) is 57.3 cm³/mol. The molecule has 1 fully saturated rings. The van der Waals surface area contributed by atoms with Crippen LogP contribution in [0.25, 0.3) is 0 Å². The first-order chi connectivity index (χ1) is 6.90. The summed E-state index contributed by atoms with van der Waals surface area (Å²) >= 11 is 0. The van der Waals surface area contributed by atoms with Crippen molar-refractivity contribution in [3.63, 3.8) is 0 Å². The molecular formula is C12H19NO. The molecule has 1 aliphatic heterocycles. The van der Waals surface area contributed by atoms with Crippen LogP contribution in [0.3, 0.4) is 0 Å². The van der Waals surface area contributed by atoms with E-state index in [1.165, 1.54) is 19.3 Å². The van der Waals surface area contributed by atoms with E-state index in [2.05, 4.69) is 24.4 Å². The first-order valence-corrected chi connectivity index (χ1v) is 5.72. The molecule has 1 aromatic rings. The Bertz CT molecular complexity index is 274. The Morgan fingerprint density at radius 2 is 2.36 bits per heavy atom. The third-order valence-corrected chi connectivity index (χ3v) is 2.83. The van der Waals surface area contributed by atoms with E-state index in [4.69, 9.17) is 4.42 Å². The minimum absolute atomic E-state index is 0.467. The molecule has 0 aromatic carbocycles. The van der Waals surface area contributed by atoms with Gasteiger partial charge in [0.05, 0.1) is 6.04 Å². The van der Waals surface area contributed by atoms with Crippen molar-refractivity contribution in [1.29, 1.82) is 0 Å². The highest BCUT2D eigenvalue weighted by Crippen LogP contribution is 2.24. The Balaban J connectivity index is 2.00. The summed E-state index contributed by atoms with van der Waals surface area (Å²) < 4.78 is 5.80. The average Bonchev–Trinajstić information content (AvgIpc) is 2.68. The van der Waals surface area contributed by atoms with Crippen molar-refractivity contribution < 1.29 is 4.42 Å². The summed E-state index contributed by atoms with van der Waals surface area (Å²) in [5, 5.41) is 3.50. The number of furan rings is 1. The average molecular weight is 193 g/mol. The maximum atomic E-state index is 5.80. The van der Waals surface area contributed by atoms with Crippen LogP contribution in [0.2, 0.25) is 0 Å². The van der Waals surface area contributed by atoms with Gasteiger partial charge in [-0.3, -0.25) is 0 Å². The predicted octanol–water partition coefficient (Wildman–Crippen LogP) is 3.05. The van der Waals surface area contributed by atoms with E-state index in [1.54, 1.807) is 0 Å². The van der Waals surface area contributed by atoms with E-state index in [9.17, 15) is 0 Å². The van der Waals surface area contributed by atoms with Gasteiger partial charge in [0, 0.05) is 6.42 Å². The van der Waals surface area contributed by atoms with Crippen molar-refractivity contribution in [3.05, 3.63) is 23.7 Å². The molecule has 1 N–H and O–H groups in total. The monoisotopic (exact) mass is 193 g/mol. The van der Waals surface area contributed by atoms with Crippen LogP contribution in [0.5, 0.6) is 0 Å². The van der Waals surface area contributed by atoms with Crippen LogP contribution in [-0.4, -0.2) is 6.54 Å². The molecule has 2 heterocycles. The van der Waals surface area contributed by atoms with Gasteiger partial charge in [-0.2, -0.15) is 0 Å². The Hall–Kier alpha value is -0.760. The number of nitrogens with one attached hydrogen (secondary N) is 1. The lowest BCUT2D eigenvalue weighted by Crippen LogP contribution is -2.26. The van der Waals surface area contributed by atoms with Crippen LogP contribution >= 0.6 is 0 Å². The van der Waals surface area contributed by atoms with Gasteiger partial charge in [-0.05, 0) is 37.9 Å². The van der Waals surface area contributed by atoms with Crippen molar-refractivity contribution in [2.24, 2.45) is 0 Å². The smallest absolute Gasteiger partial charge is 0.121 e. The molecule has 0 radical (unpaired) electrons. The van der Waals surface area contributed by atoms with Crippen molar-refractivity contribution in [2.45, 2.75) is 45.1 Å². The summed E-state index contributed by atoms with van der Waals surface area (Å²) in [6.45, 7) is 3.32. The topological polar surface area (TPSA) is 25.2 Å². The van der Waals surface area contributed by atoms with Gasteiger partial charge < -0.3 is 9.73 Å². The second-order valence-electron chi connectivity index (χ2n) is 4.06. The van der Waals surface area contributed by atoms with Gasteiger partial charge in [0.15, 0.2) is 0 Å². The van der Waals surface area contributed by atoms with E-state index in [-0.39, 0.29) is 0 Å². The molecule has 14 heavy (non-hydrogen) atoms. The summed E-state index contributed by atoms with van der Waals surface area (Å²) in [6.07, 6.45) is 6.07. The SMILES string of the molecule is CCCc1ccc([C@@H]2CCCCN2)o1. The number of aryl methyl sites for hydroxylation is 1. The van der Waals surface area contributed by atoms with Gasteiger partial charge >= 0.3 is 0 Å². The van der Waals surface area contributed by atoms with Crippen molar-refractivity contribution in [3.8, 4) is 0 Å². The van der Waals surface area contributed by atoms with Crippen LogP contribution in [-0.2, 0) is 6.42 Å². The molecule has 0 saturated carbocycles. The van der Waals surface area contributed by atoms with Crippen molar-refractivity contribution in [2.75, 3.05) is 6.54 Å². The lowest BCUT2D eigenvalue weighted by atomic mass is 10.0. The fraction of sp³-hybridized carbons (Fsp3) is 0.667. The molecule has 1 saturated heterocycles. The number of rotatable bonds is 3. The summed E-state index contributed by atoms with van der Waals surface area (Å²) in [7, 11) is 0. The van der Waals surface area contributed by atoms with Gasteiger partial charge in [0.25, 0.3) is 0 Å². The molecule has 0 spiro atoms. The standard InChI is InChI=1S/C12H19NO/c1-2-5-10-7-8-12(14-10)11-6-3-4-9-13-11/h7-8,11,13H,2-6,9H2,1H3/t11-/m0/s1. The third kappa shape index (κ3) is 2.18. The highest BCUT2D eigenvalue weighted by atomic mass is 16.3. The zero-order valence-corrected chi connectivity index (χ0v) is 8.88. The number of hydrogen-bond donors (Lipinski definition) is 1. The van der Waals surface area contributed by atoms with Crippen molar-refractivity contribution >= 4 is 0 Å². The normalized spacial score (nSPS) is 22.5. The lowest BCUT2D eigenvalue weighted by molar-refractivity contribution is 0.339. The molecule has 2 nitrogen and oxygen atoms in total. The zero-order chi connectivity index (χ0) is 9.80. The quantitative estimate of drug-likeness (QED) is 0.798. The molecule has 0 unspecified atom stereocenters. The maximum absolute atomic E-state index is 5.80. The molecular weight excluding hydrogens is 174 g/mol. The molecule has 2 rings (SSSR count). The minimum atomic E-state index is 0.467. The summed E-state index contributed by atoms with van der Waals surface area (Å²) in [5.41, 5.74) is 0. The summed E-state index contributed by atoms with van der Waals surface area (Å²) in [5.74, 6) is 2.27. The molecule has 1 aromatic heterocycles. The second kappa shape index (κ2) is 4.65. The van der Waals surface area contributed by atoms with Crippen LogP contribution < -0.4 is 5.32 Å². The van der Waals surface area contributed by atoms with Gasteiger partial charge in [0.1, 0.15) is 11.5 Å². The fourth-order valence-corrected chi connectivity index (χ4v) is 2.06. The Morgan fingerprint density at radius 3 is 3.07 bits per heavy atom. The first kappa shape index (κ1) is 9.78. The molecule has 0 aliphatic carbocycles. The third-order valence-electron chi connectivity index (χ3n) is 2.83. The molecule has 0 bridgehead atoms. The molecule has 78 valence electrons. The maximum Gasteiger partial charge on any atom is 0.121 e. The second-order valence-corrected chi connectivity index (χ2v) is 4.06. The fourth-order valence-electron chi connectivity index (χ4n) is 2.06. The van der Waals surface area contributed by atoms with Crippen molar-refractivity contribution in [1.82, 2.24) is 5.32 Å². The molecule has 2 heteroatoms. The van der Waals surface area contributed by atoms with E-state index >= 15 is 0 Å². The van der Waals surface area contributed by atoms with Gasteiger partial charge in [0.2, 0.25) is 0 Å². The number of piperidine rings is 1. The highest BCUT2D eigenvalue weighted by molar-refractivity contribution is 5.11. The highest BCUT2D eigenvalue weighted by Gasteiger charge is 2.17. The number of hydrogen-bond acceptors (Lipinski definition) is 2. The van der Waals surface area contributed by atoms with Gasteiger partial charge in [-0.25, -0.2) is 0 Å². The molecule has 1 atom stereocenters. The van der Waals surface area contributed by atoms with Gasteiger partial charge in [-0.1, -0.05) is 13.3 Å². The zero-order valence-electron chi connectivity index (χ0n) is 8.88. The van der Waals surface area contributed by atoms with E-state index in [0.717, 1.165) is 30.9 Å². The van der Waals surface area contributed by atoms with E-state index < -0.39 is 0 Å². The summed E-state index contributed by atoms with van der Waals surface area (Å²) in [4.78, 5) is 0. The van der Waals surface area contributed by atoms with Crippen LogP contribution in [0.4, 0.5) is 0 Å². The van der Waals surface area contributed by atoms with Crippen LogP contribution in [0.15, 0.2) is 16.5 Å². The largest absolute Gasteiger partial charge is 0.464 e. The molecule has 1 aliphatic rings. The Kier molecular flexibility index (Phi) is 3.25. The lowest BCUT2D eigenvalue weighted by Gasteiger charge is -2.21. The van der Waals surface area contributed by atoms with E-state index in [1.807, 2.05) is 0 Å². The van der Waals surface area contributed by atoms with E-state index in [0.29, 0.717) is 6.04 Å². The Morgan fingerprint density at radius 1 is 1.43 bits per heavy atom.